The van der Waals surface area contributed by atoms with E-state index in [1.807, 2.05) is 4.72 Å². The van der Waals surface area contributed by atoms with E-state index in [1.165, 1.54) is 0 Å². The van der Waals surface area contributed by atoms with Gasteiger partial charge in [-0.1, -0.05) is 24.3 Å². The summed E-state index contributed by atoms with van der Waals surface area (Å²) in [5.74, 6) is -0.421. The number of nitrogens with zero attached hydrogens (tertiary/aromatic N) is 1. The molecule has 38 heavy (non-hydrogen) atoms. The number of benzene rings is 3. The molecule has 0 aliphatic rings. The van der Waals surface area contributed by atoms with Gasteiger partial charge < -0.3 is 14.8 Å². The average molecular weight is 542 g/mol. The van der Waals surface area contributed by atoms with E-state index in [2.05, 4.69) is 5.32 Å². The molecule has 3 aromatic carbocycles. The van der Waals surface area contributed by atoms with E-state index in [0.29, 0.717) is 11.1 Å². The first-order chi connectivity index (χ1) is 17.8. The van der Waals surface area contributed by atoms with Gasteiger partial charge in [0.15, 0.2) is 0 Å². The Labute approximate surface area is 220 Å². The summed E-state index contributed by atoms with van der Waals surface area (Å²) in [6.45, 7) is 6.97. The van der Waals surface area contributed by atoms with Gasteiger partial charge in [-0.15, -0.1) is 0 Å². The molecule has 0 aliphatic heterocycles. The number of non-ortho nitro benzene ring substituents is 1. The maximum Gasteiger partial charge on any atom is 0.338 e. The molecular weight excluding hydrogens is 514 g/mol. The number of nitro benzene ring substituents is 1. The summed E-state index contributed by atoms with van der Waals surface area (Å²) in [6, 6.07) is 15.4. The van der Waals surface area contributed by atoms with E-state index in [0.717, 1.165) is 23.8 Å². The molecule has 0 radical (unpaired) electrons. The van der Waals surface area contributed by atoms with E-state index in [9.17, 15) is 28.1 Å². The molecule has 200 valence electrons. The third-order valence-electron chi connectivity index (χ3n) is 4.93. The number of nitrogens with one attached hydrogen (secondary N) is 2. The minimum atomic E-state index is -4.55. The molecule has 0 atom stereocenters. The fourth-order valence-corrected chi connectivity index (χ4v) is 4.38. The van der Waals surface area contributed by atoms with Crippen molar-refractivity contribution in [2.45, 2.75) is 38.1 Å². The topological polar surface area (TPSA) is 154 Å². The predicted octanol–water partition coefficient (Wildman–Crippen LogP) is 5.02. The second kappa shape index (κ2) is 11.3. The van der Waals surface area contributed by atoms with Crippen molar-refractivity contribution >= 4 is 27.7 Å². The number of carbonyl (C=O) groups excluding carboxylic acids is 2. The Hall–Kier alpha value is -4.45. The standard InChI is InChI=1S/C26H27N3O8S/c1-5-36-24(30)18-11-9-17(10-12-18)19-7-6-8-21(15-19)37-22-14-13-20(29(32)33)16-23(22)38(34,35)28-25(31)27-26(2,3)4/h6-16H,5H2,1-4H3,(H2,27,28,31). The number of hydrogen-bond donors (Lipinski definition) is 2. The Morgan fingerprint density at radius 2 is 1.66 bits per heavy atom. The van der Waals surface area contributed by atoms with Gasteiger partial charge in [0.2, 0.25) is 0 Å². The minimum Gasteiger partial charge on any atom is -0.462 e. The van der Waals surface area contributed by atoms with Gasteiger partial charge >= 0.3 is 12.0 Å². The van der Waals surface area contributed by atoms with Crippen LogP contribution in [-0.2, 0) is 14.8 Å². The third-order valence-corrected chi connectivity index (χ3v) is 6.29. The largest absolute Gasteiger partial charge is 0.462 e. The lowest BCUT2D eigenvalue weighted by atomic mass is 10.0. The number of urea groups is 1. The van der Waals surface area contributed by atoms with Crippen molar-refractivity contribution < 1.29 is 32.4 Å². The van der Waals surface area contributed by atoms with Gasteiger partial charge in [0.1, 0.15) is 16.4 Å². The molecule has 3 rings (SSSR count). The number of ether oxygens (including phenoxy) is 2. The van der Waals surface area contributed by atoms with Crippen LogP contribution >= 0.6 is 0 Å². The summed E-state index contributed by atoms with van der Waals surface area (Å²) in [5.41, 5.74) is 0.625. The Kier molecular flexibility index (Phi) is 8.36. The zero-order chi connectivity index (χ0) is 28.1. The van der Waals surface area contributed by atoms with E-state index < -0.39 is 43.1 Å². The molecule has 0 bridgehead atoms. The van der Waals surface area contributed by atoms with Crippen LogP contribution in [0.3, 0.4) is 0 Å². The van der Waals surface area contributed by atoms with Crippen LogP contribution in [0.5, 0.6) is 11.5 Å². The molecule has 12 heteroatoms. The second-order valence-corrected chi connectivity index (χ2v) is 10.8. The van der Waals surface area contributed by atoms with Crippen molar-refractivity contribution in [2.24, 2.45) is 0 Å². The van der Waals surface area contributed by atoms with Gasteiger partial charge in [-0.05, 0) is 69.2 Å². The fraction of sp³-hybridized carbons (Fsp3) is 0.231. The highest BCUT2D eigenvalue weighted by Gasteiger charge is 2.27. The Morgan fingerprint density at radius 1 is 0.974 bits per heavy atom. The van der Waals surface area contributed by atoms with Crippen molar-refractivity contribution in [3.8, 4) is 22.6 Å². The highest BCUT2D eigenvalue weighted by Crippen LogP contribution is 2.34. The molecule has 0 heterocycles. The summed E-state index contributed by atoms with van der Waals surface area (Å²) < 4.78 is 38.7. The van der Waals surface area contributed by atoms with Crippen LogP contribution in [0.1, 0.15) is 38.1 Å². The number of nitro groups is 1. The van der Waals surface area contributed by atoms with Crippen LogP contribution in [0, 0.1) is 10.1 Å². The molecule has 2 N–H and O–H groups in total. The van der Waals surface area contributed by atoms with Crippen molar-refractivity contribution in [3.05, 3.63) is 82.4 Å². The number of esters is 1. The minimum absolute atomic E-state index is 0.221. The molecule has 2 amide bonds. The van der Waals surface area contributed by atoms with Gasteiger partial charge in [-0.25, -0.2) is 22.7 Å². The lowest BCUT2D eigenvalue weighted by Gasteiger charge is -2.21. The fourth-order valence-electron chi connectivity index (χ4n) is 3.33. The molecule has 0 aliphatic carbocycles. The summed E-state index contributed by atoms with van der Waals surface area (Å²) in [7, 11) is -4.55. The molecular formula is C26H27N3O8S. The maximum atomic E-state index is 13.0. The van der Waals surface area contributed by atoms with Crippen LogP contribution in [-0.4, -0.2) is 37.5 Å². The van der Waals surface area contributed by atoms with Crippen LogP contribution in [0.25, 0.3) is 11.1 Å². The number of carbonyl (C=O) groups is 2. The first-order valence-electron chi connectivity index (χ1n) is 11.5. The SMILES string of the molecule is CCOC(=O)c1ccc(-c2cccc(Oc3ccc([N+](=O)[O-])cc3S(=O)(=O)NC(=O)NC(C)(C)C)c2)cc1. The summed E-state index contributed by atoms with van der Waals surface area (Å²) in [5, 5.41) is 13.8. The summed E-state index contributed by atoms with van der Waals surface area (Å²) in [4.78, 5) is 34.1. The average Bonchev–Trinajstić information content (AvgIpc) is 2.83. The van der Waals surface area contributed by atoms with Crippen LogP contribution in [0.15, 0.2) is 71.6 Å². The quantitative estimate of drug-likeness (QED) is 0.229. The second-order valence-electron chi connectivity index (χ2n) is 9.13. The van der Waals surface area contributed by atoms with Gasteiger partial charge in [0, 0.05) is 17.7 Å². The van der Waals surface area contributed by atoms with Gasteiger partial charge in [0.05, 0.1) is 17.1 Å². The van der Waals surface area contributed by atoms with Crippen LogP contribution in [0.4, 0.5) is 10.5 Å². The number of amides is 2. The number of rotatable bonds is 8. The van der Waals surface area contributed by atoms with Gasteiger partial charge in [-0.3, -0.25) is 10.1 Å². The predicted molar refractivity (Wildman–Crippen MR) is 140 cm³/mol. The zero-order valence-electron chi connectivity index (χ0n) is 21.2. The van der Waals surface area contributed by atoms with E-state index in [4.69, 9.17) is 9.47 Å². The first kappa shape index (κ1) is 28.1. The van der Waals surface area contributed by atoms with Crippen molar-refractivity contribution in [3.63, 3.8) is 0 Å². The Bertz CT molecular complexity index is 1460. The first-order valence-corrected chi connectivity index (χ1v) is 13.0. The van der Waals surface area contributed by atoms with E-state index in [1.54, 1.807) is 76.2 Å². The van der Waals surface area contributed by atoms with E-state index in [-0.39, 0.29) is 18.1 Å². The molecule has 0 fully saturated rings. The molecule has 3 aromatic rings. The van der Waals surface area contributed by atoms with Crippen LogP contribution < -0.4 is 14.8 Å². The lowest BCUT2D eigenvalue weighted by molar-refractivity contribution is -0.385. The number of sulfonamides is 1. The van der Waals surface area contributed by atoms with Crippen LogP contribution in [0.2, 0.25) is 0 Å². The lowest BCUT2D eigenvalue weighted by Crippen LogP contribution is -2.48. The summed E-state index contributed by atoms with van der Waals surface area (Å²) >= 11 is 0. The molecule has 0 unspecified atom stereocenters. The van der Waals surface area contributed by atoms with E-state index >= 15 is 0 Å². The molecule has 0 spiro atoms. The third kappa shape index (κ3) is 7.29. The Morgan fingerprint density at radius 3 is 2.26 bits per heavy atom. The monoisotopic (exact) mass is 541 g/mol. The smallest absolute Gasteiger partial charge is 0.338 e. The normalized spacial score (nSPS) is 11.4. The molecule has 0 aromatic heterocycles. The summed E-state index contributed by atoms with van der Waals surface area (Å²) in [6.07, 6.45) is 0. The highest BCUT2D eigenvalue weighted by atomic mass is 32.2. The van der Waals surface area contributed by atoms with Crippen molar-refractivity contribution in [1.29, 1.82) is 0 Å². The molecule has 11 nitrogen and oxygen atoms in total. The van der Waals surface area contributed by atoms with Gasteiger partial charge in [0.25, 0.3) is 15.7 Å². The van der Waals surface area contributed by atoms with Crippen molar-refractivity contribution in [2.75, 3.05) is 6.61 Å². The van der Waals surface area contributed by atoms with Crippen molar-refractivity contribution in [1.82, 2.24) is 10.0 Å². The van der Waals surface area contributed by atoms with Gasteiger partial charge in [-0.2, -0.15) is 0 Å². The molecule has 0 saturated carbocycles. The Balaban J connectivity index is 1.93. The highest BCUT2D eigenvalue weighted by molar-refractivity contribution is 7.90. The maximum absolute atomic E-state index is 13.0. The molecule has 0 saturated heterocycles. The number of hydrogen-bond acceptors (Lipinski definition) is 8. The zero-order valence-corrected chi connectivity index (χ0v) is 22.0.